The van der Waals surface area contributed by atoms with E-state index in [2.05, 4.69) is 31.1 Å². The van der Waals surface area contributed by atoms with E-state index in [0.29, 0.717) is 11.1 Å². The zero-order valence-corrected chi connectivity index (χ0v) is 12.4. The molecule has 1 aromatic carbocycles. The molecule has 0 aliphatic carbocycles. The highest BCUT2D eigenvalue weighted by Crippen LogP contribution is 2.18. The standard InChI is InChI=1S/C17H20N2O/c1-12-10-15(19-17(2,3)4)18-11-14(12)16(20)13-8-6-5-7-9-13/h5-11H,1-4H3,(H,18,19). The molecule has 0 bridgehead atoms. The number of aryl methyl sites for hydroxylation is 1. The summed E-state index contributed by atoms with van der Waals surface area (Å²) < 4.78 is 0. The molecule has 0 aliphatic rings. The van der Waals surface area contributed by atoms with Crippen LogP contribution in [0, 0.1) is 6.92 Å². The number of aromatic nitrogens is 1. The van der Waals surface area contributed by atoms with Crippen LogP contribution < -0.4 is 5.32 Å². The van der Waals surface area contributed by atoms with Crippen molar-refractivity contribution in [3.05, 3.63) is 59.3 Å². The summed E-state index contributed by atoms with van der Waals surface area (Å²) >= 11 is 0. The number of carbonyl (C=O) groups excluding carboxylic acids is 1. The van der Waals surface area contributed by atoms with Crippen molar-refractivity contribution in [2.75, 3.05) is 5.32 Å². The fourth-order valence-electron chi connectivity index (χ4n) is 1.99. The van der Waals surface area contributed by atoms with Crippen molar-refractivity contribution in [2.24, 2.45) is 0 Å². The van der Waals surface area contributed by atoms with Gasteiger partial charge in [-0.3, -0.25) is 4.79 Å². The van der Waals surface area contributed by atoms with Gasteiger partial charge in [0.05, 0.1) is 0 Å². The van der Waals surface area contributed by atoms with Gasteiger partial charge >= 0.3 is 0 Å². The summed E-state index contributed by atoms with van der Waals surface area (Å²) in [6.07, 6.45) is 1.65. The van der Waals surface area contributed by atoms with Crippen LogP contribution in [0.2, 0.25) is 0 Å². The second-order valence-electron chi connectivity index (χ2n) is 5.95. The topological polar surface area (TPSA) is 42.0 Å². The van der Waals surface area contributed by atoms with Crippen molar-refractivity contribution in [2.45, 2.75) is 33.2 Å². The number of benzene rings is 1. The largest absolute Gasteiger partial charge is 0.365 e. The molecule has 0 fully saturated rings. The Morgan fingerprint density at radius 3 is 2.35 bits per heavy atom. The first-order chi connectivity index (χ1) is 9.37. The van der Waals surface area contributed by atoms with Gasteiger partial charge in [-0.25, -0.2) is 4.98 Å². The summed E-state index contributed by atoms with van der Waals surface area (Å²) in [4.78, 5) is 16.7. The van der Waals surface area contributed by atoms with E-state index in [9.17, 15) is 4.79 Å². The molecule has 0 saturated heterocycles. The highest BCUT2D eigenvalue weighted by molar-refractivity contribution is 6.09. The van der Waals surface area contributed by atoms with Gasteiger partial charge in [0.15, 0.2) is 5.78 Å². The molecule has 1 aromatic heterocycles. The Hall–Kier alpha value is -2.16. The SMILES string of the molecule is Cc1cc(NC(C)(C)C)ncc1C(=O)c1ccccc1. The molecule has 20 heavy (non-hydrogen) atoms. The van der Waals surface area contributed by atoms with Gasteiger partial charge in [-0.2, -0.15) is 0 Å². The molecular weight excluding hydrogens is 248 g/mol. The van der Waals surface area contributed by atoms with Crippen molar-refractivity contribution >= 4 is 11.6 Å². The van der Waals surface area contributed by atoms with Crippen LogP contribution in [0.25, 0.3) is 0 Å². The Balaban J connectivity index is 2.29. The molecule has 0 aliphatic heterocycles. The molecule has 2 aromatic rings. The van der Waals surface area contributed by atoms with E-state index in [4.69, 9.17) is 0 Å². The van der Waals surface area contributed by atoms with Crippen LogP contribution in [0.1, 0.15) is 42.3 Å². The molecular formula is C17H20N2O. The van der Waals surface area contributed by atoms with Gasteiger partial charge in [0.25, 0.3) is 0 Å². The van der Waals surface area contributed by atoms with Gasteiger partial charge in [-0.15, -0.1) is 0 Å². The molecule has 0 atom stereocenters. The van der Waals surface area contributed by atoms with Crippen LogP contribution in [0.5, 0.6) is 0 Å². The summed E-state index contributed by atoms with van der Waals surface area (Å²) in [5.41, 5.74) is 2.22. The third kappa shape index (κ3) is 3.44. The third-order valence-electron chi connectivity index (χ3n) is 2.89. The van der Waals surface area contributed by atoms with Crippen LogP contribution >= 0.6 is 0 Å². The first kappa shape index (κ1) is 14.3. The number of nitrogens with one attached hydrogen (secondary N) is 1. The number of ketones is 1. The molecule has 104 valence electrons. The average molecular weight is 268 g/mol. The number of rotatable bonds is 3. The summed E-state index contributed by atoms with van der Waals surface area (Å²) in [6, 6.07) is 11.2. The lowest BCUT2D eigenvalue weighted by Crippen LogP contribution is -2.26. The zero-order valence-electron chi connectivity index (χ0n) is 12.4. The minimum atomic E-state index is -0.0512. The molecule has 1 N–H and O–H groups in total. The van der Waals surface area contributed by atoms with Gasteiger partial charge in [0.2, 0.25) is 0 Å². The second-order valence-corrected chi connectivity index (χ2v) is 5.95. The zero-order chi connectivity index (χ0) is 14.8. The van der Waals surface area contributed by atoms with Gasteiger partial charge in [-0.1, -0.05) is 30.3 Å². The second kappa shape index (κ2) is 5.45. The number of hydrogen-bond donors (Lipinski definition) is 1. The molecule has 0 saturated carbocycles. The number of carbonyl (C=O) groups is 1. The maximum atomic E-state index is 12.4. The van der Waals surface area contributed by atoms with Crippen molar-refractivity contribution in [3.63, 3.8) is 0 Å². The maximum Gasteiger partial charge on any atom is 0.194 e. The van der Waals surface area contributed by atoms with E-state index >= 15 is 0 Å². The van der Waals surface area contributed by atoms with Crippen LogP contribution in [0.15, 0.2) is 42.6 Å². The summed E-state index contributed by atoms with van der Waals surface area (Å²) in [6.45, 7) is 8.17. The molecule has 0 amide bonds. The van der Waals surface area contributed by atoms with E-state index in [0.717, 1.165) is 11.4 Å². The smallest absolute Gasteiger partial charge is 0.194 e. The van der Waals surface area contributed by atoms with E-state index in [1.807, 2.05) is 43.3 Å². The van der Waals surface area contributed by atoms with Crippen LogP contribution in [-0.4, -0.2) is 16.3 Å². The molecule has 0 radical (unpaired) electrons. The molecule has 2 rings (SSSR count). The highest BCUT2D eigenvalue weighted by atomic mass is 16.1. The average Bonchev–Trinajstić information content (AvgIpc) is 2.37. The highest BCUT2D eigenvalue weighted by Gasteiger charge is 2.15. The number of anilines is 1. The van der Waals surface area contributed by atoms with E-state index in [1.165, 1.54) is 0 Å². The first-order valence-electron chi connectivity index (χ1n) is 6.71. The Morgan fingerprint density at radius 2 is 1.80 bits per heavy atom. The molecule has 0 spiro atoms. The van der Waals surface area contributed by atoms with Gasteiger partial charge in [0, 0.05) is 22.9 Å². The minimum Gasteiger partial charge on any atom is -0.365 e. The first-order valence-corrected chi connectivity index (χ1v) is 6.71. The lowest BCUT2D eigenvalue weighted by atomic mass is 10.0. The van der Waals surface area contributed by atoms with Crippen LogP contribution in [0.4, 0.5) is 5.82 Å². The summed E-state index contributed by atoms with van der Waals surface area (Å²) in [7, 11) is 0. The van der Waals surface area contributed by atoms with Gasteiger partial charge < -0.3 is 5.32 Å². The number of pyridine rings is 1. The quantitative estimate of drug-likeness (QED) is 0.860. The third-order valence-corrected chi connectivity index (χ3v) is 2.89. The fraction of sp³-hybridized carbons (Fsp3) is 0.294. The Morgan fingerprint density at radius 1 is 1.15 bits per heavy atom. The van der Waals surface area contributed by atoms with Crippen molar-refractivity contribution in [1.29, 1.82) is 0 Å². The molecule has 3 heteroatoms. The van der Waals surface area contributed by atoms with Crippen molar-refractivity contribution in [1.82, 2.24) is 4.98 Å². The van der Waals surface area contributed by atoms with Crippen LogP contribution in [-0.2, 0) is 0 Å². The Labute approximate surface area is 120 Å². The van der Waals surface area contributed by atoms with Crippen LogP contribution in [0.3, 0.4) is 0 Å². The lowest BCUT2D eigenvalue weighted by Gasteiger charge is -2.21. The molecule has 1 heterocycles. The van der Waals surface area contributed by atoms with E-state index in [1.54, 1.807) is 6.20 Å². The number of hydrogen-bond acceptors (Lipinski definition) is 3. The van der Waals surface area contributed by atoms with Gasteiger partial charge in [-0.05, 0) is 39.3 Å². The van der Waals surface area contributed by atoms with Crippen molar-refractivity contribution < 1.29 is 4.79 Å². The fourth-order valence-corrected chi connectivity index (χ4v) is 1.99. The van der Waals surface area contributed by atoms with Crippen molar-refractivity contribution in [3.8, 4) is 0 Å². The minimum absolute atomic E-state index is 0.0120. The normalized spacial score (nSPS) is 11.2. The predicted octanol–water partition coefficient (Wildman–Crippen LogP) is 3.83. The molecule has 3 nitrogen and oxygen atoms in total. The Kier molecular flexibility index (Phi) is 3.89. The lowest BCUT2D eigenvalue weighted by molar-refractivity contribution is 0.103. The maximum absolute atomic E-state index is 12.4. The molecule has 0 unspecified atom stereocenters. The van der Waals surface area contributed by atoms with Gasteiger partial charge in [0.1, 0.15) is 5.82 Å². The predicted molar refractivity (Wildman–Crippen MR) is 82.2 cm³/mol. The monoisotopic (exact) mass is 268 g/mol. The van der Waals surface area contributed by atoms with E-state index in [-0.39, 0.29) is 11.3 Å². The number of nitrogens with zero attached hydrogens (tertiary/aromatic N) is 1. The Bertz CT molecular complexity index is 613. The summed E-state index contributed by atoms with van der Waals surface area (Å²) in [5, 5.41) is 3.31. The summed E-state index contributed by atoms with van der Waals surface area (Å²) in [5.74, 6) is 0.803. The van der Waals surface area contributed by atoms with E-state index < -0.39 is 0 Å².